The van der Waals surface area contributed by atoms with E-state index in [1.807, 2.05) is 13.8 Å². The molecule has 0 aromatic rings. The molecule has 1 atom stereocenters. The van der Waals surface area contributed by atoms with Gasteiger partial charge in [-0.1, -0.05) is 20.3 Å². The van der Waals surface area contributed by atoms with E-state index in [-0.39, 0.29) is 5.67 Å². The van der Waals surface area contributed by atoms with E-state index in [0.29, 0.717) is 13.2 Å². The molecule has 3 nitrogen and oxygen atoms in total. The monoisotopic (exact) mass is 219 g/mol. The fourth-order valence-electron chi connectivity index (χ4n) is 1.73. The smallest absolute Gasteiger partial charge is 0.355 e. The SMILES string of the molecule is CCC[Si](OCC)(OCC)C(N)CC. The lowest BCUT2D eigenvalue weighted by Crippen LogP contribution is -2.57. The summed E-state index contributed by atoms with van der Waals surface area (Å²) in [6.07, 6.45) is 2.02. The summed E-state index contributed by atoms with van der Waals surface area (Å²) >= 11 is 0. The summed E-state index contributed by atoms with van der Waals surface area (Å²) in [7, 11) is -2.12. The third-order valence-corrected chi connectivity index (χ3v) is 6.67. The Morgan fingerprint density at radius 3 is 1.86 bits per heavy atom. The highest BCUT2D eigenvalue weighted by atomic mass is 28.4. The van der Waals surface area contributed by atoms with Gasteiger partial charge in [0, 0.05) is 18.9 Å². The summed E-state index contributed by atoms with van der Waals surface area (Å²) in [4.78, 5) is 0. The van der Waals surface area contributed by atoms with Gasteiger partial charge >= 0.3 is 8.56 Å². The molecule has 0 radical (unpaired) electrons. The maximum absolute atomic E-state index is 6.12. The lowest BCUT2D eigenvalue weighted by molar-refractivity contribution is 0.172. The molecule has 0 heterocycles. The summed E-state index contributed by atoms with van der Waals surface area (Å²) in [5.41, 5.74) is 6.22. The van der Waals surface area contributed by atoms with Crippen molar-refractivity contribution < 1.29 is 8.85 Å². The molecule has 0 bridgehead atoms. The second-order valence-corrected chi connectivity index (χ2v) is 6.89. The molecule has 0 fully saturated rings. The zero-order valence-electron chi connectivity index (χ0n) is 10.0. The Balaban J connectivity index is 4.53. The van der Waals surface area contributed by atoms with E-state index in [2.05, 4.69) is 13.8 Å². The van der Waals surface area contributed by atoms with Crippen LogP contribution in [0.3, 0.4) is 0 Å². The van der Waals surface area contributed by atoms with Gasteiger partial charge in [0.2, 0.25) is 0 Å². The summed E-state index contributed by atoms with van der Waals surface area (Å²) < 4.78 is 11.7. The largest absolute Gasteiger partial charge is 0.394 e. The average molecular weight is 219 g/mol. The third-order valence-electron chi connectivity index (χ3n) is 2.38. The molecule has 0 aliphatic rings. The summed E-state index contributed by atoms with van der Waals surface area (Å²) in [5, 5.41) is 0. The first-order valence-electron chi connectivity index (χ1n) is 5.70. The van der Waals surface area contributed by atoms with Gasteiger partial charge in [0.25, 0.3) is 0 Å². The summed E-state index contributed by atoms with van der Waals surface area (Å²) in [5.74, 6) is 0. The lowest BCUT2D eigenvalue weighted by Gasteiger charge is -2.34. The molecule has 0 saturated carbocycles. The van der Waals surface area contributed by atoms with Crippen molar-refractivity contribution in [3.05, 3.63) is 0 Å². The topological polar surface area (TPSA) is 44.5 Å². The first kappa shape index (κ1) is 14.1. The first-order valence-corrected chi connectivity index (χ1v) is 7.80. The second kappa shape index (κ2) is 7.40. The second-order valence-electron chi connectivity index (χ2n) is 3.44. The molecule has 0 aliphatic heterocycles. The highest BCUT2D eigenvalue weighted by Gasteiger charge is 2.41. The van der Waals surface area contributed by atoms with Gasteiger partial charge in [0.15, 0.2) is 0 Å². The Bertz CT molecular complexity index is 127. The van der Waals surface area contributed by atoms with E-state index in [1.165, 1.54) is 0 Å². The highest BCUT2D eigenvalue weighted by molar-refractivity contribution is 6.69. The molecule has 0 saturated heterocycles. The molecule has 1 unspecified atom stereocenters. The third kappa shape index (κ3) is 3.69. The van der Waals surface area contributed by atoms with Crippen LogP contribution in [0.4, 0.5) is 0 Å². The Morgan fingerprint density at radius 2 is 1.57 bits per heavy atom. The van der Waals surface area contributed by atoms with Crippen molar-refractivity contribution in [2.75, 3.05) is 13.2 Å². The predicted molar refractivity (Wildman–Crippen MR) is 62.4 cm³/mol. The van der Waals surface area contributed by atoms with E-state index in [4.69, 9.17) is 14.6 Å². The van der Waals surface area contributed by atoms with Gasteiger partial charge in [-0.25, -0.2) is 0 Å². The standard InChI is InChI=1S/C10H25NO2Si/c1-5-9-14(12-7-3,13-8-4)10(11)6-2/h10H,5-9,11H2,1-4H3. The van der Waals surface area contributed by atoms with Gasteiger partial charge < -0.3 is 14.6 Å². The van der Waals surface area contributed by atoms with Crippen molar-refractivity contribution >= 4 is 8.56 Å². The molecule has 2 N–H and O–H groups in total. The minimum atomic E-state index is -2.12. The minimum absolute atomic E-state index is 0.0994. The van der Waals surface area contributed by atoms with Crippen LogP contribution >= 0.6 is 0 Å². The molecule has 86 valence electrons. The van der Waals surface area contributed by atoms with E-state index in [0.717, 1.165) is 18.9 Å². The van der Waals surface area contributed by atoms with Crippen LogP contribution in [0.2, 0.25) is 6.04 Å². The van der Waals surface area contributed by atoms with E-state index < -0.39 is 8.56 Å². The molecule has 0 amide bonds. The van der Waals surface area contributed by atoms with Crippen molar-refractivity contribution in [3.8, 4) is 0 Å². The van der Waals surface area contributed by atoms with Gasteiger partial charge in [-0.2, -0.15) is 0 Å². The molecule has 0 aromatic heterocycles. The van der Waals surface area contributed by atoms with Crippen LogP contribution < -0.4 is 5.73 Å². The van der Waals surface area contributed by atoms with Crippen molar-refractivity contribution in [2.45, 2.75) is 52.2 Å². The lowest BCUT2D eigenvalue weighted by atomic mass is 10.5. The Hall–Kier alpha value is 0.0969. The van der Waals surface area contributed by atoms with Crippen LogP contribution in [0.15, 0.2) is 0 Å². The number of hydrogen-bond acceptors (Lipinski definition) is 3. The zero-order chi connectivity index (χ0) is 11.0. The van der Waals surface area contributed by atoms with Crippen molar-refractivity contribution in [3.63, 3.8) is 0 Å². The summed E-state index contributed by atoms with van der Waals surface area (Å²) in [6.45, 7) is 9.69. The van der Waals surface area contributed by atoms with Crippen LogP contribution in [0.25, 0.3) is 0 Å². The molecule has 14 heavy (non-hydrogen) atoms. The molecule has 0 spiro atoms. The van der Waals surface area contributed by atoms with Crippen LogP contribution in [0.1, 0.15) is 40.5 Å². The highest BCUT2D eigenvalue weighted by Crippen LogP contribution is 2.20. The van der Waals surface area contributed by atoms with Gasteiger partial charge in [-0.15, -0.1) is 0 Å². The zero-order valence-corrected chi connectivity index (χ0v) is 11.0. The van der Waals surface area contributed by atoms with E-state index in [1.54, 1.807) is 0 Å². The van der Waals surface area contributed by atoms with E-state index >= 15 is 0 Å². The minimum Gasteiger partial charge on any atom is -0.394 e. The fraction of sp³-hybridized carbons (Fsp3) is 1.00. The van der Waals surface area contributed by atoms with Gasteiger partial charge in [-0.05, 0) is 26.3 Å². The Kier molecular flexibility index (Phi) is 7.45. The normalized spacial score (nSPS) is 14.4. The van der Waals surface area contributed by atoms with Crippen LogP contribution in [0.5, 0.6) is 0 Å². The van der Waals surface area contributed by atoms with Crippen molar-refractivity contribution in [1.82, 2.24) is 0 Å². The maximum atomic E-state index is 6.12. The Morgan fingerprint density at radius 1 is 1.07 bits per heavy atom. The van der Waals surface area contributed by atoms with Crippen LogP contribution in [-0.4, -0.2) is 27.4 Å². The average Bonchev–Trinajstić information content (AvgIpc) is 2.17. The Labute approximate surface area is 89.2 Å². The molecular formula is C10H25NO2Si. The molecule has 4 heteroatoms. The van der Waals surface area contributed by atoms with Crippen molar-refractivity contribution in [1.29, 1.82) is 0 Å². The van der Waals surface area contributed by atoms with Crippen molar-refractivity contribution in [2.24, 2.45) is 5.73 Å². The van der Waals surface area contributed by atoms with Crippen LogP contribution in [0, 0.1) is 0 Å². The predicted octanol–water partition coefficient (Wildman–Crippen LogP) is 2.19. The first-order chi connectivity index (χ1) is 6.66. The fourth-order valence-corrected chi connectivity index (χ4v) is 5.20. The molecule has 0 aliphatic carbocycles. The molecule has 0 rings (SSSR count). The molecule has 0 aromatic carbocycles. The van der Waals surface area contributed by atoms with E-state index in [9.17, 15) is 0 Å². The maximum Gasteiger partial charge on any atom is 0.355 e. The quantitative estimate of drug-likeness (QED) is 0.636. The van der Waals surface area contributed by atoms with Gasteiger partial charge in [0.1, 0.15) is 0 Å². The van der Waals surface area contributed by atoms with Gasteiger partial charge in [-0.3, -0.25) is 0 Å². The number of hydrogen-bond donors (Lipinski definition) is 1. The van der Waals surface area contributed by atoms with Gasteiger partial charge in [0.05, 0.1) is 0 Å². The molecular weight excluding hydrogens is 194 g/mol. The number of rotatable bonds is 8. The summed E-state index contributed by atoms with van der Waals surface area (Å²) in [6, 6.07) is 1.00. The van der Waals surface area contributed by atoms with Crippen LogP contribution in [-0.2, 0) is 8.85 Å². The number of nitrogens with two attached hydrogens (primary N) is 1.